The van der Waals surface area contributed by atoms with Gasteiger partial charge < -0.3 is 9.80 Å². The van der Waals surface area contributed by atoms with Crippen LogP contribution < -0.4 is 0 Å². The minimum absolute atomic E-state index is 0.103. The van der Waals surface area contributed by atoms with E-state index >= 15 is 0 Å². The Kier molecular flexibility index (Phi) is 3.73. The van der Waals surface area contributed by atoms with Crippen LogP contribution in [-0.2, 0) is 16.0 Å². The van der Waals surface area contributed by atoms with Gasteiger partial charge in [-0.05, 0) is 30.5 Å². The first-order chi connectivity index (χ1) is 14.6. The van der Waals surface area contributed by atoms with E-state index in [0.29, 0.717) is 11.1 Å². The molecule has 3 aliphatic rings. The smallest absolute Gasteiger partial charge is 0.261 e. The molecular weight excluding hydrogens is 412 g/mol. The molecule has 0 N–H and O–H groups in total. The first-order valence-electron chi connectivity index (χ1n) is 9.87. The molecule has 0 saturated heterocycles. The maximum absolute atomic E-state index is 13.4. The fourth-order valence-corrected chi connectivity index (χ4v) is 6.70. The van der Waals surface area contributed by atoms with Crippen molar-refractivity contribution in [2.45, 2.75) is 12.8 Å². The highest BCUT2D eigenvalue weighted by atomic mass is 32.1. The second-order valence-corrected chi connectivity index (χ2v) is 9.58. The number of carbonyl (C=O) groups is 2. The van der Waals surface area contributed by atoms with Crippen molar-refractivity contribution in [1.29, 1.82) is 0 Å². The molecule has 2 amide bonds. The second-order valence-electron chi connectivity index (χ2n) is 7.75. The Bertz CT molecular complexity index is 1370. The van der Waals surface area contributed by atoms with Crippen LogP contribution in [0.3, 0.4) is 0 Å². The van der Waals surface area contributed by atoms with Crippen LogP contribution in [-0.4, -0.2) is 35.7 Å². The standard InChI is InChI=1S/C24H18N2O2S2/c1-25-21(15-11-29-17-9-5-3-7-13(15)17)19-20(23(25)27)22(26(2)24(19)28)16-12-30-18-10-6-4-8-14(16)18/h3,5-7,9-12H,4,8H2,1-2H3. The zero-order chi connectivity index (χ0) is 20.6. The van der Waals surface area contributed by atoms with Crippen LogP contribution in [0.5, 0.6) is 0 Å². The fourth-order valence-electron chi connectivity index (χ4n) is 4.73. The molecule has 0 bridgehead atoms. The van der Waals surface area contributed by atoms with Gasteiger partial charge >= 0.3 is 0 Å². The van der Waals surface area contributed by atoms with Gasteiger partial charge in [-0.15, -0.1) is 22.7 Å². The van der Waals surface area contributed by atoms with Gasteiger partial charge in [0.15, 0.2) is 0 Å². The van der Waals surface area contributed by atoms with Gasteiger partial charge in [-0.2, -0.15) is 0 Å². The molecule has 0 atom stereocenters. The molecule has 0 unspecified atom stereocenters. The minimum Gasteiger partial charge on any atom is -0.310 e. The lowest BCUT2D eigenvalue weighted by atomic mass is 9.96. The lowest BCUT2D eigenvalue weighted by molar-refractivity contribution is -0.123. The molecule has 4 nitrogen and oxygen atoms in total. The van der Waals surface area contributed by atoms with Crippen molar-refractivity contribution in [3.8, 4) is 0 Å². The summed E-state index contributed by atoms with van der Waals surface area (Å²) in [5, 5.41) is 5.23. The van der Waals surface area contributed by atoms with Crippen LogP contribution in [0.1, 0.15) is 28.0 Å². The molecule has 6 heteroatoms. The monoisotopic (exact) mass is 430 g/mol. The number of hydrogen-bond acceptors (Lipinski definition) is 4. The highest BCUT2D eigenvalue weighted by Crippen LogP contribution is 2.48. The summed E-state index contributed by atoms with van der Waals surface area (Å²) >= 11 is 3.32. The molecule has 2 aliphatic heterocycles. The normalized spacial score (nSPS) is 18.3. The highest BCUT2D eigenvalue weighted by Gasteiger charge is 2.47. The van der Waals surface area contributed by atoms with E-state index in [-0.39, 0.29) is 11.8 Å². The average molecular weight is 431 g/mol. The number of thiophene rings is 2. The highest BCUT2D eigenvalue weighted by molar-refractivity contribution is 7.17. The Morgan fingerprint density at radius 1 is 0.867 bits per heavy atom. The molecule has 0 fully saturated rings. The quantitative estimate of drug-likeness (QED) is 0.575. The first-order valence-corrected chi connectivity index (χ1v) is 11.6. The van der Waals surface area contributed by atoms with E-state index in [1.54, 1.807) is 46.6 Å². The van der Waals surface area contributed by atoms with Crippen molar-refractivity contribution in [1.82, 2.24) is 9.80 Å². The maximum Gasteiger partial charge on any atom is 0.261 e. The Labute approximate surface area is 182 Å². The number of benzene rings is 1. The van der Waals surface area contributed by atoms with Crippen LogP contribution in [0.4, 0.5) is 0 Å². The summed E-state index contributed by atoms with van der Waals surface area (Å²) in [6.07, 6.45) is 6.26. The topological polar surface area (TPSA) is 40.6 Å². The molecule has 1 aliphatic carbocycles. The number of fused-ring (bicyclic) bond motifs is 3. The van der Waals surface area contributed by atoms with Crippen molar-refractivity contribution in [2.24, 2.45) is 0 Å². The van der Waals surface area contributed by atoms with Gasteiger partial charge in [-0.3, -0.25) is 9.59 Å². The summed E-state index contributed by atoms with van der Waals surface area (Å²) in [6, 6.07) is 8.13. The van der Waals surface area contributed by atoms with Crippen molar-refractivity contribution in [3.63, 3.8) is 0 Å². The van der Waals surface area contributed by atoms with E-state index in [4.69, 9.17) is 0 Å². The van der Waals surface area contributed by atoms with Gasteiger partial charge in [-0.1, -0.05) is 24.3 Å². The van der Waals surface area contributed by atoms with Crippen molar-refractivity contribution < 1.29 is 9.59 Å². The molecule has 30 heavy (non-hydrogen) atoms. The van der Waals surface area contributed by atoms with Crippen molar-refractivity contribution in [3.05, 3.63) is 73.8 Å². The van der Waals surface area contributed by atoms with Crippen molar-refractivity contribution >= 4 is 62.0 Å². The van der Waals surface area contributed by atoms with Crippen LogP contribution in [0.25, 0.3) is 27.6 Å². The molecular formula is C24H18N2O2S2. The number of hydrogen-bond donors (Lipinski definition) is 0. The van der Waals surface area contributed by atoms with Crippen molar-refractivity contribution in [2.75, 3.05) is 14.1 Å². The number of likely N-dealkylation sites (N-methyl/N-ethyl adjacent to an activating group) is 2. The number of allylic oxidation sites excluding steroid dienone is 1. The minimum atomic E-state index is -0.103. The summed E-state index contributed by atoms with van der Waals surface area (Å²) in [5.41, 5.74) is 5.79. The Morgan fingerprint density at radius 3 is 2.30 bits per heavy atom. The predicted octanol–water partition coefficient (Wildman–Crippen LogP) is 4.99. The maximum atomic E-state index is 13.4. The van der Waals surface area contributed by atoms with E-state index in [1.807, 2.05) is 12.1 Å². The Balaban J connectivity index is 1.64. The van der Waals surface area contributed by atoms with Gasteiger partial charge in [0.25, 0.3) is 11.8 Å². The molecule has 6 rings (SSSR count). The third kappa shape index (κ3) is 2.20. The SMILES string of the molecule is CN1C(=O)C2=C(c3csc4ccccc34)N(C)C(=O)C2=C1c1csc2c1CCC=C2. The lowest BCUT2D eigenvalue weighted by Crippen LogP contribution is -2.25. The van der Waals surface area contributed by atoms with Crippen LogP contribution >= 0.6 is 22.7 Å². The largest absolute Gasteiger partial charge is 0.310 e. The van der Waals surface area contributed by atoms with Gasteiger partial charge in [-0.25, -0.2) is 0 Å². The van der Waals surface area contributed by atoms with E-state index in [9.17, 15) is 9.59 Å². The molecule has 0 spiro atoms. The van der Waals surface area contributed by atoms with E-state index in [0.717, 1.165) is 45.4 Å². The molecule has 148 valence electrons. The number of nitrogens with zero attached hydrogens (tertiary/aromatic N) is 2. The van der Waals surface area contributed by atoms with Gasteiger partial charge in [0.2, 0.25) is 0 Å². The summed E-state index contributed by atoms with van der Waals surface area (Å²) in [5.74, 6) is -0.205. The van der Waals surface area contributed by atoms with Crippen LogP contribution in [0.2, 0.25) is 0 Å². The van der Waals surface area contributed by atoms with Crippen LogP contribution in [0, 0.1) is 0 Å². The fraction of sp³-hybridized carbons (Fsp3) is 0.167. The third-order valence-corrected chi connectivity index (χ3v) is 8.13. The number of amides is 2. The third-order valence-electron chi connectivity index (χ3n) is 6.18. The summed E-state index contributed by atoms with van der Waals surface area (Å²) in [4.78, 5) is 31.4. The molecule has 0 radical (unpaired) electrons. The van der Waals surface area contributed by atoms with E-state index in [1.165, 1.54) is 10.4 Å². The predicted molar refractivity (Wildman–Crippen MR) is 123 cm³/mol. The van der Waals surface area contributed by atoms with Gasteiger partial charge in [0.1, 0.15) is 0 Å². The average Bonchev–Trinajstić information content (AvgIpc) is 3.49. The Hall–Kier alpha value is -2.96. The molecule has 2 aromatic heterocycles. The summed E-state index contributed by atoms with van der Waals surface area (Å²) in [6.45, 7) is 0. The lowest BCUT2D eigenvalue weighted by Gasteiger charge is -2.20. The summed E-state index contributed by atoms with van der Waals surface area (Å²) < 4.78 is 1.15. The molecule has 3 aromatic rings. The number of carbonyl (C=O) groups excluding carboxylic acids is 2. The first kappa shape index (κ1) is 17.9. The molecule has 1 aromatic carbocycles. The Morgan fingerprint density at radius 2 is 1.53 bits per heavy atom. The second kappa shape index (κ2) is 6.27. The van der Waals surface area contributed by atoms with E-state index in [2.05, 4.69) is 35.0 Å². The molecule has 0 saturated carbocycles. The molecule has 4 heterocycles. The van der Waals surface area contributed by atoms with E-state index < -0.39 is 0 Å². The van der Waals surface area contributed by atoms with Gasteiger partial charge in [0, 0.05) is 50.9 Å². The van der Waals surface area contributed by atoms with Crippen LogP contribution in [0.15, 0.2) is 52.2 Å². The summed E-state index contributed by atoms with van der Waals surface area (Å²) in [7, 11) is 3.56. The zero-order valence-corrected chi connectivity index (χ0v) is 18.2. The number of rotatable bonds is 2. The van der Waals surface area contributed by atoms with Gasteiger partial charge in [0.05, 0.1) is 22.5 Å². The zero-order valence-electron chi connectivity index (χ0n) is 16.6.